The Morgan fingerprint density at radius 1 is 0.500 bits per heavy atom. The summed E-state index contributed by atoms with van der Waals surface area (Å²) in [6.45, 7) is 0. The number of aryl methyl sites for hydroxylation is 4. The molecule has 0 radical (unpaired) electrons. The largest absolute Gasteiger partial charge is 0.265 e. The minimum absolute atomic E-state index is 1.06. The lowest BCUT2D eigenvalue weighted by Gasteiger charge is -2.10. The molecule has 2 aromatic heterocycles. The number of aromatic nitrogens is 2. The van der Waals surface area contributed by atoms with Crippen LogP contribution in [0.1, 0.15) is 22.3 Å². The first kappa shape index (κ1) is 14.5. The second kappa shape index (κ2) is 7.51. The Morgan fingerprint density at radius 2 is 0.909 bits per heavy atom. The van der Waals surface area contributed by atoms with Gasteiger partial charge in [0.15, 0.2) is 0 Å². The Kier molecular flexibility index (Phi) is 4.93. The quantitative estimate of drug-likeness (QED) is 0.684. The minimum Gasteiger partial charge on any atom is -0.265 e. The minimum atomic E-state index is 1.06. The molecule has 0 spiro atoms. The fourth-order valence-corrected chi connectivity index (χ4v) is 2.70. The maximum absolute atomic E-state index is 4.08. The van der Waals surface area contributed by atoms with Crippen molar-refractivity contribution in [3.8, 4) is 0 Å². The number of hydrogen-bond acceptors (Lipinski definition) is 2. The van der Waals surface area contributed by atoms with Gasteiger partial charge in [0.05, 0.1) is 0 Å². The molecule has 0 bridgehead atoms. The average Bonchev–Trinajstić information content (AvgIpc) is 2.61. The normalized spacial score (nSPS) is 10.5. The van der Waals surface area contributed by atoms with Gasteiger partial charge in [-0.25, -0.2) is 0 Å². The van der Waals surface area contributed by atoms with Gasteiger partial charge in [0.2, 0.25) is 0 Å². The molecule has 0 saturated heterocycles. The van der Waals surface area contributed by atoms with Gasteiger partial charge in [0.25, 0.3) is 0 Å². The van der Waals surface area contributed by atoms with E-state index in [-0.39, 0.29) is 0 Å². The third-order valence-electron chi connectivity index (χ3n) is 3.98. The summed E-state index contributed by atoms with van der Waals surface area (Å²) >= 11 is 0. The van der Waals surface area contributed by atoms with Crippen LogP contribution in [0.5, 0.6) is 0 Å². The van der Waals surface area contributed by atoms with E-state index in [0.29, 0.717) is 0 Å². The van der Waals surface area contributed by atoms with E-state index >= 15 is 0 Å². The molecule has 0 aliphatic heterocycles. The van der Waals surface area contributed by atoms with Crippen molar-refractivity contribution in [2.75, 3.05) is 0 Å². The van der Waals surface area contributed by atoms with E-state index in [4.69, 9.17) is 0 Å². The van der Waals surface area contributed by atoms with Gasteiger partial charge in [-0.2, -0.15) is 0 Å². The van der Waals surface area contributed by atoms with Crippen molar-refractivity contribution in [1.82, 2.24) is 9.97 Å². The second-order valence-corrected chi connectivity index (χ2v) is 5.48. The van der Waals surface area contributed by atoms with E-state index in [9.17, 15) is 0 Å². The maximum atomic E-state index is 4.08. The van der Waals surface area contributed by atoms with E-state index in [1.807, 2.05) is 24.8 Å². The fraction of sp³-hybridized carbons (Fsp3) is 0.200. The van der Waals surface area contributed by atoms with E-state index < -0.39 is 0 Å². The number of benzene rings is 1. The zero-order chi connectivity index (χ0) is 15.0. The molecule has 0 fully saturated rings. The lowest BCUT2D eigenvalue weighted by atomic mass is 9.96. The van der Waals surface area contributed by atoms with Gasteiger partial charge >= 0.3 is 0 Å². The van der Waals surface area contributed by atoms with Crippen LogP contribution in [0.25, 0.3) is 0 Å². The van der Waals surface area contributed by atoms with Crippen molar-refractivity contribution < 1.29 is 0 Å². The average molecular weight is 288 g/mol. The van der Waals surface area contributed by atoms with Crippen LogP contribution in [0.2, 0.25) is 0 Å². The standard InChI is InChI=1S/C20H20N2/c1-2-4-20(8-6-18-11-15-22-16-12-18)19(3-1)7-5-17-9-13-21-14-10-17/h1-4,9-16H,5-8H2. The van der Waals surface area contributed by atoms with Crippen LogP contribution >= 0.6 is 0 Å². The van der Waals surface area contributed by atoms with Gasteiger partial charge in [-0.15, -0.1) is 0 Å². The zero-order valence-electron chi connectivity index (χ0n) is 12.7. The van der Waals surface area contributed by atoms with Crippen molar-refractivity contribution in [1.29, 1.82) is 0 Å². The maximum Gasteiger partial charge on any atom is 0.0270 e. The molecular formula is C20H20N2. The first-order valence-corrected chi connectivity index (χ1v) is 7.76. The van der Waals surface area contributed by atoms with E-state index in [2.05, 4.69) is 58.5 Å². The first-order valence-electron chi connectivity index (χ1n) is 7.76. The van der Waals surface area contributed by atoms with Crippen LogP contribution < -0.4 is 0 Å². The highest BCUT2D eigenvalue weighted by Crippen LogP contribution is 2.15. The first-order chi connectivity index (χ1) is 10.9. The zero-order valence-corrected chi connectivity index (χ0v) is 12.7. The van der Waals surface area contributed by atoms with Gasteiger partial charge in [-0.05, 0) is 72.2 Å². The molecule has 0 atom stereocenters. The van der Waals surface area contributed by atoms with Crippen LogP contribution in [0.4, 0.5) is 0 Å². The molecule has 1 aromatic carbocycles. The van der Waals surface area contributed by atoms with Crippen LogP contribution in [0.3, 0.4) is 0 Å². The molecule has 22 heavy (non-hydrogen) atoms. The summed E-state index contributed by atoms with van der Waals surface area (Å²) in [6.07, 6.45) is 11.8. The van der Waals surface area contributed by atoms with Crippen molar-refractivity contribution in [2.24, 2.45) is 0 Å². The van der Waals surface area contributed by atoms with Gasteiger partial charge < -0.3 is 0 Å². The third-order valence-corrected chi connectivity index (χ3v) is 3.98. The molecule has 3 aromatic rings. The third kappa shape index (κ3) is 4.01. The number of hydrogen-bond donors (Lipinski definition) is 0. The van der Waals surface area contributed by atoms with E-state index in [1.165, 1.54) is 22.3 Å². The summed E-state index contributed by atoms with van der Waals surface area (Å²) in [5, 5.41) is 0. The molecule has 2 heterocycles. The Hall–Kier alpha value is -2.48. The molecule has 0 amide bonds. The number of rotatable bonds is 6. The molecule has 110 valence electrons. The SMILES string of the molecule is c1ccc(CCc2ccncc2)c(CCc2ccncc2)c1. The summed E-state index contributed by atoms with van der Waals surface area (Å²) in [7, 11) is 0. The number of pyridine rings is 2. The molecule has 3 rings (SSSR count). The monoisotopic (exact) mass is 288 g/mol. The van der Waals surface area contributed by atoms with Crippen molar-refractivity contribution in [3.63, 3.8) is 0 Å². The molecule has 2 heteroatoms. The Balaban J connectivity index is 1.65. The molecule has 0 N–H and O–H groups in total. The number of nitrogens with zero attached hydrogens (tertiary/aromatic N) is 2. The molecule has 0 saturated carbocycles. The second-order valence-electron chi connectivity index (χ2n) is 5.48. The van der Waals surface area contributed by atoms with Gasteiger partial charge in [0.1, 0.15) is 0 Å². The lowest BCUT2D eigenvalue weighted by molar-refractivity contribution is 0.891. The highest BCUT2D eigenvalue weighted by atomic mass is 14.6. The van der Waals surface area contributed by atoms with Crippen LogP contribution in [0.15, 0.2) is 73.3 Å². The smallest absolute Gasteiger partial charge is 0.0270 e. The van der Waals surface area contributed by atoms with Crippen molar-refractivity contribution in [2.45, 2.75) is 25.7 Å². The Bertz CT molecular complexity index is 631. The van der Waals surface area contributed by atoms with E-state index in [1.54, 1.807) is 0 Å². The van der Waals surface area contributed by atoms with E-state index in [0.717, 1.165) is 25.7 Å². The highest BCUT2D eigenvalue weighted by molar-refractivity contribution is 5.29. The summed E-state index contributed by atoms with van der Waals surface area (Å²) < 4.78 is 0. The highest BCUT2D eigenvalue weighted by Gasteiger charge is 2.03. The summed E-state index contributed by atoms with van der Waals surface area (Å²) in [5.74, 6) is 0. The van der Waals surface area contributed by atoms with Crippen LogP contribution in [0, 0.1) is 0 Å². The Labute approximate surface area is 131 Å². The van der Waals surface area contributed by atoms with Crippen molar-refractivity contribution in [3.05, 3.63) is 95.6 Å². The lowest BCUT2D eigenvalue weighted by Crippen LogP contribution is -1.99. The fourth-order valence-electron chi connectivity index (χ4n) is 2.70. The van der Waals surface area contributed by atoms with Crippen LogP contribution in [-0.4, -0.2) is 9.97 Å². The summed E-state index contributed by atoms with van der Waals surface area (Å²) in [6, 6.07) is 17.2. The summed E-state index contributed by atoms with van der Waals surface area (Å²) in [4.78, 5) is 8.15. The predicted molar refractivity (Wildman–Crippen MR) is 89.7 cm³/mol. The molecule has 2 nitrogen and oxygen atoms in total. The topological polar surface area (TPSA) is 25.8 Å². The predicted octanol–water partition coefficient (Wildman–Crippen LogP) is 4.05. The van der Waals surface area contributed by atoms with Gasteiger partial charge in [-0.3, -0.25) is 9.97 Å². The van der Waals surface area contributed by atoms with Crippen molar-refractivity contribution >= 4 is 0 Å². The summed E-state index contributed by atoms with van der Waals surface area (Å²) in [5.41, 5.74) is 5.60. The molecular weight excluding hydrogens is 268 g/mol. The Morgan fingerprint density at radius 3 is 1.32 bits per heavy atom. The molecule has 0 aliphatic carbocycles. The molecule has 0 aliphatic rings. The van der Waals surface area contributed by atoms with Crippen LogP contribution in [-0.2, 0) is 25.7 Å². The van der Waals surface area contributed by atoms with Gasteiger partial charge in [0, 0.05) is 24.8 Å². The molecule has 0 unspecified atom stereocenters. The van der Waals surface area contributed by atoms with Gasteiger partial charge in [-0.1, -0.05) is 24.3 Å².